The maximum Gasteiger partial charge on any atom is 0.251 e. The van der Waals surface area contributed by atoms with Crippen LogP contribution in [0.2, 0.25) is 0 Å². The fourth-order valence-electron chi connectivity index (χ4n) is 3.89. The van der Waals surface area contributed by atoms with Gasteiger partial charge >= 0.3 is 0 Å². The zero-order chi connectivity index (χ0) is 23.5. The molecule has 1 amide bonds. The molecule has 1 aliphatic heterocycles. The molecule has 1 saturated heterocycles. The molecule has 0 bridgehead atoms. The number of methoxy groups -OCH3 is 2. The van der Waals surface area contributed by atoms with Crippen LogP contribution >= 0.6 is 0 Å². The summed E-state index contributed by atoms with van der Waals surface area (Å²) >= 11 is 0. The normalized spacial score (nSPS) is 15.0. The largest absolute Gasteiger partial charge is 0.493 e. The van der Waals surface area contributed by atoms with Crippen molar-refractivity contribution in [2.75, 3.05) is 40.6 Å². The van der Waals surface area contributed by atoms with Crippen LogP contribution in [0.4, 0.5) is 0 Å². The van der Waals surface area contributed by atoms with Crippen molar-refractivity contribution in [2.24, 2.45) is 0 Å². The first-order valence-corrected chi connectivity index (χ1v) is 11.6. The number of hydrogen-bond donors (Lipinski definition) is 2. The lowest BCUT2D eigenvalue weighted by molar-refractivity contribution is 0.0366. The van der Waals surface area contributed by atoms with E-state index in [-0.39, 0.29) is 11.4 Å². The van der Waals surface area contributed by atoms with Gasteiger partial charge in [-0.05, 0) is 37.0 Å². The van der Waals surface area contributed by atoms with E-state index in [1.807, 2.05) is 18.2 Å². The summed E-state index contributed by atoms with van der Waals surface area (Å²) < 4.78 is 22.4. The minimum absolute atomic E-state index is 0.181. The van der Waals surface area contributed by atoms with E-state index in [0.29, 0.717) is 49.2 Å². The lowest BCUT2D eigenvalue weighted by Gasteiger charge is -2.38. The van der Waals surface area contributed by atoms with Gasteiger partial charge in [-0.3, -0.25) is 4.79 Å². The Morgan fingerprint density at radius 3 is 2.33 bits per heavy atom. The number of ether oxygens (including phenoxy) is 4. The molecule has 33 heavy (non-hydrogen) atoms. The molecule has 7 nitrogen and oxygen atoms in total. The maximum absolute atomic E-state index is 13.1. The Morgan fingerprint density at radius 2 is 1.73 bits per heavy atom. The molecule has 0 atom stereocenters. The zero-order valence-corrected chi connectivity index (χ0v) is 19.9. The fourth-order valence-corrected chi connectivity index (χ4v) is 3.89. The molecule has 0 spiro atoms. The van der Waals surface area contributed by atoms with Crippen molar-refractivity contribution in [1.29, 1.82) is 0 Å². The number of amides is 1. The van der Waals surface area contributed by atoms with Gasteiger partial charge in [0.2, 0.25) is 5.75 Å². The van der Waals surface area contributed by atoms with Gasteiger partial charge in [0.25, 0.3) is 5.91 Å². The number of benzene rings is 2. The van der Waals surface area contributed by atoms with Crippen LogP contribution in [-0.4, -0.2) is 52.0 Å². The third-order valence-corrected chi connectivity index (χ3v) is 6.01. The summed E-state index contributed by atoms with van der Waals surface area (Å²) in [6.45, 7) is 5.24. The second-order valence-corrected chi connectivity index (χ2v) is 8.33. The molecule has 7 heteroatoms. The van der Waals surface area contributed by atoms with Gasteiger partial charge in [-0.1, -0.05) is 43.7 Å². The summed E-state index contributed by atoms with van der Waals surface area (Å²) in [7, 11) is 3.13. The first-order valence-electron chi connectivity index (χ1n) is 11.6. The number of carbonyl (C=O) groups is 1. The van der Waals surface area contributed by atoms with E-state index < -0.39 is 0 Å². The van der Waals surface area contributed by atoms with Crippen LogP contribution in [0.15, 0.2) is 42.5 Å². The van der Waals surface area contributed by atoms with Gasteiger partial charge in [-0.15, -0.1) is 0 Å². The minimum atomic E-state index is -0.221. The molecule has 0 aromatic heterocycles. The van der Waals surface area contributed by atoms with E-state index in [1.165, 1.54) is 5.56 Å². The molecule has 0 saturated carbocycles. The standard InChI is InChI=1S/C26H36N2O5/c1-4-5-13-33-24-22(30-2)16-21(17-23(24)31-3)25(29)27-19-26(11-14-32-15-12-26)28-18-20-9-7-6-8-10-20/h6-10,16-17,28H,4-5,11-15,18-19H2,1-3H3,(H,27,29). The van der Waals surface area contributed by atoms with Gasteiger partial charge in [0, 0.05) is 37.4 Å². The van der Waals surface area contributed by atoms with Crippen molar-refractivity contribution in [1.82, 2.24) is 10.6 Å². The monoisotopic (exact) mass is 456 g/mol. The summed E-state index contributed by atoms with van der Waals surface area (Å²) in [4.78, 5) is 13.1. The van der Waals surface area contributed by atoms with Crippen molar-refractivity contribution >= 4 is 5.91 Å². The quantitative estimate of drug-likeness (QED) is 0.471. The Labute approximate surface area is 196 Å². The summed E-state index contributed by atoms with van der Waals surface area (Å²) in [6, 6.07) is 13.7. The number of carbonyl (C=O) groups excluding carboxylic acids is 1. The molecule has 1 heterocycles. The number of unbranched alkanes of at least 4 members (excludes halogenated alkanes) is 1. The molecule has 1 aliphatic rings. The average Bonchev–Trinajstić information content (AvgIpc) is 2.87. The van der Waals surface area contributed by atoms with Crippen molar-refractivity contribution in [3.8, 4) is 17.2 Å². The summed E-state index contributed by atoms with van der Waals surface area (Å²) in [6.07, 6.45) is 3.61. The first kappa shape index (κ1) is 24.9. The molecular weight excluding hydrogens is 420 g/mol. The van der Waals surface area contributed by atoms with Crippen LogP contribution in [0.3, 0.4) is 0 Å². The van der Waals surface area contributed by atoms with Crippen LogP contribution in [-0.2, 0) is 11.3 Å². The molecule has 2 aromatic rings. The molecule has 180 valence electrons. The molecule has 0 aliphatic carbocycles. The second kappa shape index (κ2) is 12.5. The molecule has 0 unspecified atom stereocenters. The predicted molar refractivity (Wildman–Crippen MR) is 128 cm³/mol. The molecule has 1 fully saturated rings. The third kappa shape index (κ3) is 6.85. The van der Waals surface area contributed by atoms with Crippen LogP contribution in [0.5, 0.6) is 17.2 Å². The highest BCUT2D eigenvalue weighted by atomic mass is 16.5. The third-order valence-electron chi connectivity index (χ3n) is 6.01. The lowest BCUT2D eigenvalue weighted by Crippen LogP contribution is -2.56. The topological polar surface area (TPSA) is 78.1 Å². The van der Waals surface area contributed by atoms with Gasteiger partial charge in [0.05, 0.1) is 20.8 Å². The van der Waals surface area contributed by atoms with E-state index in [0.717, 1.165) is 32.2 Å². The Kier molecular flexibility index (Phi) is 9.39. The van der Waals surface area contributed by atoms with Crippen LogP contribution in [0.1, 0.15) is 48.5 Å². The van der Waals surface area contributed by atoms with E-state index in [4.69, 9.17) is 18.9 Å². The van der Waals surface area contributed by atoms with Crippen molar-refractivity contribution in [2.45, 2.75) is 44.7 Å². The summed E-state index contributed by atoms with van der Waals surface area (Å²) in [5.74, 6) is 1.31. The van der Waals surface area contributed by atoms with Crippen LogP contribution < -0.4 is 24.8 Å². The summed E-state index contributed by atoms with van der Waals surface area (Å²) in [5.41, 5.74) is 1.46. The van der Waals surface area contributed by atoms with Crippen LogP contribution in [0.25, 0.3) is 0 Å². The van der Waals surface area contributed by atoms with Gasteiger partial charge in [-0.2, -0.15) is 0 Å². The van der Waals surface area contributed by atoms with Crippen LogP contribution in [0, 0.1) is 0 Å². The maximum atomic E-state index is 13.1. The predicted octanol–water partition coefficient (Wildman–Crippen LogP) is 3.95. The Morgan fingerprint density at radius 1 is 1.06 bits per heavy atom. The van der Waals surface area contributed by atoms with Gasteiger partial charge in [-0.25, -0.2) is 0 Å². The smallest absolute Gasteiger partial charge is 0.251 e. The fraction of sp³-hybridized carbons (Fsp3) is 0.500. The highest BCUT2D eigenvalue weighted by Gasteiger charge is 2.32. The summed E-state index contributed by atoms with van der Waals surface area (Å²) in [5, 5.41) is 6.79. The van der Waals surface area contributed by atoms with Crippen molar-refractivity contribution < 1.29 is 23.7 Å². The average molecular weight is 457 g/mol. The van der Waals surface area contributed by atoms with Gasteiger partial charge in [0.1, 0.15) is 0 Å². The van der Waals surface area contributed by atoms with E-state index in [9.17, 15) is 4.79 Å². The van der Waals surface area contributed by atoms with Gasteiger partial charge in [0.15, 0.2) is 11.5 Å². The first-order chi connectivity index (χ1) is 16.1. The SMILES string of the molecule is CCCCOc1c(OC)cc(C(=O)NCC2(NCc3ccccc3)CCOCC2)cc1OC. The number of hydrogen-bond acceptors (Lipinski definition) is 6. The van der Waals surface area contributed by atoms with E-state index in [1.54, 1.807) is 26.4 Å². The Bertz CT molecular complexity index is 857. The highest BCUT2D eigenvalue weighted by Crippen LogP contribution is 2.38. The Hall–Kier alpha value is -2.77. The molecule has 0 radical (unpaired) electrons. The zero-order valence-electron chi connectivity index (χ0n) is 19.9. The number of nitrogens with one attached hydrogen (secondary N) is 2. The molecule has 2 aromatic carbocycles. The Balaban J connectivity index is 1.70. The molecule has 2 N–H and O–H groups in total. The number of rotatable bonds is 12. The molecule has 3 rings (SSSR count). The van der Waals surface area contributed by atoms with Crippen molar-refractivity contribution in [3.63, 3.8) is 0 Å². The minimum Gasteiger partial charge on any atom is -0.493 e. The molecular formula is C26H36N2O5. The van der Waals surface area contributed by atoms with Gasteiger partial charge < -0.3 is 29.6 Å². The van der Waals surface area contributed by atoms with Crippen molar-refractivity contribution in [3.05, 3.63) is 53.6 Å². The lowest BCUT2D eigenvalue weighted by atomic mass is 9.89. The van der Waals surface area contributed by atoms with E-state index in [2.05, 4.69) is 29.7 Å². The second-order valence-electron chi connectivity index (χ2n) is 8.33. The highest BCUT2D eigenvalue weighted by molar-refractivity contribution is 5.95. The van der Waals surface area contributed by atoms with E-state index >= 15 is 0 Å².